The summed E-state index contributed by atoms with van der Waals surface area (Å²) in [4.78, 5) is 8.59. The number of aliphatic hydroxyl groups excluding tert-OH is 1. The zero-order chi connectivity index (χ0) is 22.4. The van der Waals surface area contributed by atoms with E-state index in [0.717, 1.165) is 42.9 Å². The van der Waals surface area contributed by atoms with Crippen molar-refractivity contribution < 1.29 is 5.11 Å². The summed E-state index contributed by atoms with van der Waals surface area (Å²) in [5.41, 5.74) is 7.01. The summed E-state index contributed by atoms with van der Waals surface area (Å²) < 4.78 is 0. The minimum absolute atomic E-state index is 0.351. The molecule has 0 bridgehead atoms. The molecule has 8 nitrogen and oxygen atoms in total. The highest BCUT2D eigenvalue weighted by molar-refractivity contribution is 5.83. The highest BCUT2D eigenvalue weighted by atomic mass is 16.2. The molecule has 0 amide bonds. The number of anilines is 2. The molecule has 1 unspecified atom stereocenters. The number of hydrogen-bond acceptors (Lipinski definition) is 7. The van der Waals surface area contributed by atoms with Gasteiger partial charge in [0.2, 0.25) is 0 Å². The third-order valence-electron chi connectivity index (χ3n) is 6.30. The van der Waals surface area contributed by atoms with E-state index >= 15 is 0 Å². The van der Waals surface area contributed by atoms with Crippen LogP contribution in [0.2, 0.25) is 0 Å². The van der Waals surface area contributed by atoms with Gasteiger partial charge in [0, 0.05) is 56.8 Å². The molecule has 0 spiro atoms. The largest absolute Gasteiger partial charge is 0.514 e. The molecule has 166 valence electrons. The molecule has 0 aromatic heterocycles. The quantitative estimate of drug-likeness (QED) is 0.315. The first-order valence-corrected chi connectivity index (χ1v) is 10.7. The van der Waals surface area contributed by atoms with Crippen LogP contribution >= 0.6 is 0 Å². The minimum atomic E-state index is -0.351. The molecule has 0 saturated carbocycles. The van der Waals surface area contributed by atoms with Crippen molar-refractivity contribution in [1.29, 1.82) is 5.26 Å². The molecule has 1 fully saturated rings. The van der Waals surface area contributed by atoms with Crippen LogP contribution in [0.15, 0.2) is 48.0 Å². The van der Waals surface area contributed by atoms with E-state index in [1.54, 1.807) is 19.6 Å². The van der Waals surface area contributed by atoms with Crippen LogP contribution in [0.5, 0.6) is 0 Å². The van der Waals surface area contributed by atoms with E-state index in [2.05, 4.69) is 56.1 Å². The fraction of sp³-hybridized carbons (Fsp3) is 0.478. The summed E-state index contributed by atoms with van der Waals surface area (Å²) in [7, 11) is 3.79. The molecule has 1 aromatic rings. The van der Waals surface area contributed by atoms with Gasteiger partial charge >= 0.3 is 0 Å². The van der Waals surface area contributed by atoms with E-state index in [1.165, 1.54) is 11.9 Å². The molecule has 1 atom stereocenters. The smallest absolute Gasteiger partial charge is 0.139 e. The summed E-state index contributed by atoms with van der Waals surface area (Å²) in [5, 5.41) is 23.2. The van der Waals surface area contributed by atoms with Gasteiger partial charge in [-0.15, -0.1) is 0 Å². The van der Waals surface area contributed by atoms with Crippen molar-refractivity contribution in [3.63, 3.8) is 0 Å². The zero-order valence-electron chi connectivity index (χ0n) is 18.7. The molecule has 2 N–H and O–H groups in total. The summed E-state index contributed by atoms with van der Waals surface area (Å²) in [6.07, 6.45) is 6.75. The fourth-order valence-corrected chi connectivity index (χ4v) is 4.30. The number of nitrogens with zero attached hydrogens (tertiary/aromatic N) is 6. The van der Waals surface area contributed by atoms with Crippen molar-refractivity contribution in [2.45, 2.75) is 38.4 Å². The van der Waals surface area contributed by atoms with Gasteiger partial charge in [-0.1, -0.05) is 6.58 Å². The Morgan fingerprint density at radius 2 is 2.13 bits per heavy atom. The lowest BCUT2D eigenvalue weighted by molar-refractivity contribution is 0.249. The molecule has 8 heteroatoms. The van der Waals surface area contributed by atoms with E-state index in [4.69, 9.17) is 0 Å². The van der Waals surface area contributed by atoms with E-state index in [9.17, 15) is 10.4 Å². The number of nitriles is 1. The number of benzene rings is 1. The van der Waals surface area contributed by atoms with Crippen LogP contribution in [0.25, 0.3) is 0 Å². The van der Waals surface area contributed by atoms with Gasteiger partial charge in [-0.2, -0.15) is 10.4 Å². The first-order chi connectivity index (χ1) is 15.0. The van der Waals surface area contributed by atoms with Crippen molar-refractivity contribution in [2.75, 3.05) is 43.5 Å². The molecular formula is C23H33N7O. The van der Waals surface area contributed by atoms with Gasteiger partial charge in [-0.25, -0.2) is 0 Å². The second-order valence-electron chi connectivity index (χ2n) is 8.04. The Labute approximate surface area is 185 Å². The lowest BCUT2D eigenvalue weighted by atomic mass is 10.0. The van der Waals surface area contributed by atoms with Crippen molar-refractivity contribution in [3.05, 3.63) is 48.5 Å². The zero-order valence-corrected chi connectivity index (χ0v) is 18.7. The van der Waals surface area contributed by atoms with Crippen LogP contribution in [0.1, 0.15) is 25.3 Å². The first kappa shape index (κ1) is 22.3. The number of rotatable bonds is 6. The van der Waals surface area contributed by atoms with Gasteiger partial charge in [0.05, 0.1) is 18.9 Å². The van der Waals surface area contributed by atoms with E-state index in [0.29, 0.717) is 19.1 Å². The number of hydrogen-bond donors (Lipinski definition) is 2. The highest BCUT2D eigenvalue weighted by Gasteiger charge is 2.28. The summed E-state index contributed by atoms with van der Waals surface area (Å²) in [6, 6.07) is 8.94. The molecule has 2 heterocycles. The van der Waals surface area contributed by atoms with E-state index in [1.807, 2.05) is 18.9 Å². The van der Waals surface area contributed by atoms with Gasteiger partial charge in [-0.3, -0.25) is 0 Å². The number of aliphatic hydroxyl groups is 1. The average Bonchev–Trinajstić information content (AvgIpc) is 2.97. The highest BCUT2D eigenvalue weighted by Crippen LogP contribution is 2.32. The molecular weight excluding hydrogens is 390 g/mol. The van der Waals surface area contributed by atoms with Crippen molar-refractivity contribution in [1.82, 2.24) is 15.2 Å². The molecule has 0 radical (unpaired) electrons. The Balaban J connectivity index is 1.83. The van der Waals surface area contributed by atoms with Crippen molar-refractivity contribution in [2.24, 2.45) is 5.10 Å². The van der Waals surface area contributed by atoms with Crippen LogP contribution < -0.4 is 15.2 Å². The van der Waals surface area contributed by atoms with Crippen LogP contribution in [-0.4, -0.2) is 67.1 Å². The number of hydrazone groups is 1. The Morgan fingerprint density at radius 1 is 1.39 bits per heavy atom. The van der Waals surface area contributed by atoms with Crippen LogP contribution in [0.4, 0.5) is 11.4 Å². The summed E-state index contributed by atoms with van der Waals surface area (Å²) in [5.74, 6) is 0. The molecule has 3 rings (SSSR count). The molecule has 2 aliphatic heterocycles. The van der Waals surface area contributed by atoms with E-state index < -0.39 is 0 Å². The minimum Gasteiger partial charge on any atom is -0.514 e. The maximum absolute atomic E-state index is 9.74. The predicted octanol–water partition coefficient (Wildman–Crippen LogP) is 2.83. The summed E-state index contributed by atoms with van der Waals surface area (Å²) >= 11 is 0. The Kier molecular flexibility index (Phi) is 7.29. The Bertz CT molecular complexity index is 867. The maximum Gasteiger partial charge on any atom is 0.139 e. The Hall–Kier alpha value is -3.34. The number of fused-ring (bicyclic) bond motifs is 1. The topological polar surface area (TPSA) is 81.4 Å². The third-order valence-corrected chi connectivity index (χ3v) is 6.30. The van der Waals surface area contributed by atoms with Gasteiger partial charge in [-0.05, 0) is 49.7 Å². The maximum atomic E-state index is 9.74. The van der Waals surface area contributed by atoms with Crippen LogP contribution in [-0.2, 0) is 6.54 Å². The molecule has 31 heavy (non-hydrogen) atoms. The summed E-state index contributed by atoms with van der Waals surface area (Å²) in [6.45, 7) is 9.05. The monoisotopic (exact) mass is 423 g/mol. The lowest BCUT2D eigenvalue weighted by Gasteiger charge is -2.39. The van der Waals surface area contributed by atoms with E-state index in [-0.39, 0.29) is 6.04 Å². The average molecular weight is 424 g/mol. The molecule has 0 aliphatic carbocycles. The molecule has 1 aromatic carbocycles. The van der Waals surface area contributed by atoms with Crippen molar-refractivity contribution >= 4 is 17.7 Å². The normalized spacial score (nSPS) is 20.3. The Morgan fingerprint density at radius 3 is 2.74 bits per heavy atom. The number of piperidine rings is 1. The SMILES string of the molecule is C=CN1Cc2cc(N3CCC(N(C)/C(C)=C/O)CC3)ccc2N(/C=N\NC)C(C#N)C1. The number of allylic oxidation sites excluding steroid dienone is 1. The standard InChI is InChI=1S/C23H33N7O/c1-5-28-14-19-12-21(29-10-8-20(9-11-29)27(4)18(2)16-31)6-7-23(19)30(17-26-25-3)22(13-24)15-28/h5-7,12,16-17,20,22,25,31H,1,8-11,14-15H2,2-4H3/b18-16+,26-17-. The number of nitrogens with one attached hydrogen (secondary N) is 1. The third kappa shape index (κ3) is 4.88. The van der Waals surface area contributed by atoms with Crippen molar-refractivity contribution in [3.8, 4) is 6.07 Å². The fourth-order valence-electron chi connectivity index (χ4n) is 4.30. The molecule has 1 saturated heterocycles. The van der Waals surface area contributed by atoms with Crippen LogP contribution in [0, 0.1) is 11.3 Å². The second kappa shape index (κ2) is 10.1. The van der Waals surface area contributed by atoms with Gasteiger partial charge in [0.25, 0.3) is 0 Å². The molecule has 2 aliphatic rings. The predicted molar refractivity (Wildman–Crippen MR) is 126 cm³/mol. The van der Waals surface area contributed by atoms with Gasteiger partial charge < -0.3 is 30.1 Å². The lowest BCUT2D eigenvalue weighted by Crippen LogP contribution is -2.42. The van der Waals surface area contributed by atoms with Crippen LogP contribution in [0.3, 0.4) is 0 Å². The first-order valence-electron chi connectivity index (χ1n) is 10.7. The van der Waals surface area contributed by atoms with Gasteiger partial charge in [0.15, 0.2) is 0 Å². The second-order valence-corrected chi connectivity index (χ2v) is 8.04. The van der Waals surface area contributed by atoms with Gasteiger partial charge in [0.1, 0.15) is 12.4 Å².